The number of ether oxygens (including phenoxy) is 3. The number of nitrogens with one attached hydrogen (secondary N) is 1. The normalized spacial score (nSPS) is 17.7. The molecule has 182 valence electrons. The minimum atomic E-state index is -0.917. The fraction of sp³-hybridized carbons (Fsp3) is 0.538. The van der Waals surface area contributed by atoms with Gasteiger partial charge in [-0.2, -0.15) is 0 Å². The Bertz CT molecular complexity index is 1070. The molecule has 34 heavy (non-hydrogen) atoms. The number of benzene rings is 1. The number of rotatable bonds is 7. The van der Waals surface area contributed by atoms with Gasteiger partial charge in [0.25, 0.3) is 0 Å². The Balaban J connectivity index is 1.43. The molecule has 1 aromatic heterocycles. The molecule has 1 aliphatic carbocycles. The smallest absolute Gasteiger partial charge is 0.322 e. The van der Waals surface area contributed by atoms with E-state index < -0.39 is 17.0 Å². The second kappa shape index (κ2) is 8.89. The van der Waals surface area contributed by atoms with E-state index in [1.807, 2.05) is 25.1 Å². The van der Waals surface area contributed by atoms with Crippen molar-refractivity contribution in [2.75, 3.05) is 11.9 Å². The second-order valence-corrected chi connectivity index (χ2v) is 10.5. The molecule has 1 amide bonds. The third kappa shape index (κ3) is 5.16. The summed E-state index contributed by atoms with van der Waals surface area (Å²) >= 11 is 0. The molecule has 1 fully saturated rings. The molecule has 8 heteroatoms. The largest absolute Gasteiger partial charge is 0.493 e. The molecule has 2 aromatic rings. The van der Waals surface area contributed by atoms with Crippen LogP contribution in [-0.4, -0.2) is 34.1 Å². The highest BCUT2D eigenvalue weighted by Crippen LogP contribution is 2.59. The SMILES string of the molecule is CC[C@@](C)(CC(=O)OC(C)(C)C)C(=O)Nc1cnc(Oc2cccc3c2C2(CCO3)CC2)nc1. The molecule has 1 aromatic carbocycles. The first-order valence-electron chi connectivity index (χ1n) is 11.8. The molecule has 0 radical (unpaired) electrons. The van der Waals surface area contributed by atoms with Crippen molar-refractivity contribution in [2.45, 2.75) is 77.7 Å². The van der Waals surface area contributed by atoms with Gasteiger partial charge in [-0.15, -0.1) is 0 Å². The lowest BCUT2D eigenvalue weighted by atomic mass is 9.83. The molecule has 8 nitrogen and oxygen atoms in total. The molecule has 0 unspecified atom stereocenters. The monoisotopic (exact) mass is 467 g/mol. The first-order chi connectivity index (χ1) is 16.0. The zero-order valence-corrected chi connectivity index (χ0v) is 20.6. The van der Waals surface area contributed by atoms with Gasteiger partial charge >= 0.3 is 12.0 Å². The third-order valence-electron chi connectivity index (χ3n) is 6.58. The highest BCUT2D eigenvalue weighted by atomic mass is 16.6. The topological polar surface area (TPSA) is 99.6 Å². The minimum Gasteiger partial charge on any atom is -0.493 e. The number of anilines is 1. The summed E-state index contributed by atoms with van der Waals surface area (Å²) in [5, 5.41) is 2.82. The minimum absolute atomic E-state index is 0.0163. The maximum atomic E-state index is 13.0. The lowest BCUT2D eigenvalue weighted by molar-refractivity contribution is -0.159. The van der Waals surface area contributed by atoms with E-state index in [1.54, 1.807) is 27.7 Å². The fourth-order valence-corrected chi connectivity index (χ4v) is 4.25. The van der Waals surface area contributed by atoms with Crippen molar-refractivity contribution in [1.82, 2.24) is 9.97 Å². The van der Waals surface area contributed by atoms with E-state index in [0.29, 0.717) is 17.9 Å². The number of amides is 1. The van der Waals surface area contributed by atoms with Gasteiger partial charge in [-0.25, -0.2) is 9.97 Å². The molecule has 1 aliphatic heterocycles. The molecule has 1 saturated carbocycles. The number of carbonyl (C=O) groups is 2. The summed E-state index contributed by atoms with van der Waals surface area (Å²) in [6.07, 6.45) is 6.72. The quantitative estimate of drug-likeness (QED) is 0.561. The number of aromatic nitrogens is 2. The number of hydrogen-bond donors (Lipinski definition) is 1. The molecular weight excluding hydrogens is 434 g/mol. The molecule has 0 bridgehead atoms. The number of nitrogens with zero attached hydrogens (tertiary/aromatic N) is 2. The zero-order chi connectivity index (χ0) is 24.6. The summed E-state index contributed by atoms with van der Waals surface area (Å²) in [5.74, 6) is 0.884. The van der Waals surface area contributed by atoms with E-state index in [-0.39, 0.29) is 23.8 Å². The lowest BCUT2D eigenvalue weighted by Crippen LogP contribution is -2.37. The van der Waals surface area contributed by atoms with Crippen molar-refractivity contribution in [2.24, 2.45) is 5.41 Å². The Morgan fingerprint density at radius 2 is 1.82 bits per heavy atom. The van der Waals surface area contributed by atoms with Gasteiger partial charge < -0.3 is 19.5 Å². The predicted octanol–water partition coefficient (Wildman–Crippen LogP) is 5.17. The highest BCUT2D eigenvalue weighted by Gasteiger charge is 2.49. The van der Waals surface area contributed by atoms with Gasteiger partial charge in [0.15, 0.2) is 0 Å². The van der Waals surface area contributed by atoms with Crippen molar-refractivity contribution >= 4 is 17.6 Å². The van der Waals surface area contributed by atoms with Gasteiger partial charge in [0.05, 0.1) is 36.5 Å². The highest BCUT2D eigenvalue weighted by molar-refractivity contribution is 5.97. The Hall–Kier alpha value is -3.16. The summed E-state index contributed by atoms with van der Waals surface area (Å²) in [7, 11) is 0. The Kier molecular flexibility index (Phi) is 6.27. The van der Waals surface area contributed by atoms with Gasteiger partial charge in [-0.3, -0.25) is 9.59 Å². The van der Waals surface area contributed by atoms with Crippen LogP contribution in [0.3, 0.4) is 0 Å². The lowest BCUT2D eigenvalue weighted by Gasteiger charge is -2.28. The molecule has 4 rings (SSSR count). The van der Waals surface area contributed by atoms with Gasteiger partial charge in [-0.1, -0.05) is 19.9 Å². The van der Waals surface area contributed by atoms with Crippen molar-refractivity contribution in [3.63, 3.8) is 0 Å². The summed E-state index contributed by atoms with van der Waals surface area (Å²) in [6, 6.07) is 5.99. The molecule has 0 saturated heterocycles. The van der Waals surface area contributed by atoms with Crippen molar-refractivity contribution in [3.05, 3.63) is 36.2 Å². The number of carbonyl (C=O) groups excluding carboxylic acids is 2. The van der Waals surface area contributed by atoms with Crippen molar-refractivity contribution in [3.8, 4) is 17.5 Å². The summed E-state index contributed by atoms with van der Waals surface area (Å²) in [4.78, 5) is 33.8. The second-order valence-electron chi connectivity index (χ2n) is 10.5. The Labute approximate surface area is 200 Å². The van der Waals surface area contributed by atoms with Crippen LogP contribution in [-0.2, 0) is 19.7 Å². The van der Waals surface area contributed by atoms with Crippen molar-refractivity contribution < 1.29 is 23.8 Å². The van der Waals surface area contributed by atoms with Crippen LogP contribution in [0.2, 0.25) is 0 Å². The van der Waals surface area contributed by atoms with Crippen LogP contribution in [0.4, 0.5) is 5.69 Å². The molecule has 1 atom stereocenters. The summed E-state index contributed by atoms with van der Waals surface area (Å²) in [6.45, 7) is 9.76. The van der Waals surface area contributed by atoms with Crippen LogP contribution < -0.4 is 14.8 Å². The number of esters is 1. The van der Waals surface area contributed by atoms with E-state index >= 15 is 0 Å². The third-order valence-corrected chi connectivity index (χ3v) is 6.58. The first-order valence-corrected chi connectivity index (χ1v) is 11.8. The van der Waals surface area contributed by atoms with Crippen molar-refractivity contribution in [1.29, 1.82) is 0 Å². The van der Waals surface area contributed by atoms with Crippen LogP contribution in [0.25, 0.3) is 0 Å². The first kappa shape index (κ1) is 24.0. The van der Waals surface area contributed by atoms with E-state index in [4.69, 9.17) is 14.2 Å². The van der Waals surface area contributed by atoms with Gasteiger partial charge in [0, 0.05) is 11.0 Å². The predicted molar refractivity (Wildman–Crippen MR) is 127 cm³/mol. The van der Waals surface area contributed by atoms with Crippen LogP contribution in [0.15, 0.2) is 30.6 Å². The van der Waals surface area contributed by atoms with Gasteiger partial charge in [-0.05, 0) is 58.6 Å². The number of hydrogen-bond acceptors (Lipinski definition) is 7. The molecule has 1 N–H and O–H groups in total. The zero-order valence-electron chi connectivity index (χ0n) is 20.6. The average Bonchev–Trinajstić information content (AvgIpc) is 3.53. The summed E-state index contributed by atoms with van der Waals surface area (Å²) in [5.41, 5.74) is 0.159. The fourth-order valence-electron chi connectivity index (χ4n) is 4.25. The van der Waals surface area contributed by atoms with Crippen LogP contribution >= 0.6 is 0 Å². The Morgan fingerprint density at radius 1 is 1.12 bits per heavy atom. The Morgan fingerprint density at radius 3 is 2.44 bits per heavy atom. The standard InChI is InChI=1S/C26H33N3O5/c1-6-25(5,14-20(30)34-24(2,3)4)22(31)29-17-15-27-23(28-16-17)33-19-9-7-8-18-21(19)26(10-11-26)12-13-32-18/h7-9,15-16H,6,10-14H2,1-5H3,(H,29,31)/t25-/m0/s1. The van der Waals surface area contributed by atoms with Crippen LogP contribution in [0, 0.1) is 5.41 Å². The molecular formula is C26H33N3O5. The van der Waals surface area contributed by atoms with E-state index in [1.165, 1.54) is 12.4 Å². The van der Waals surface area contributed by atoms with E-state index in [2.05, 4.69) is 15.3 Å². The number of fused-ring (bicyclic) bond motifs is 2. The van der Waals surface area contributed by atoms with E-state index in [0.717, 1.165) is 37.2 Å². The van der Waals surface area contributed by atoms with Gasteiger partial charge in [0.1, 0.15) is 17.1 Å². The maximum absolute atomic E-state index is 13.0. The van der Waals surface area contributed by atoms with E-state index in [9.17, 15) is 9.59 Å². The molecule has 2 aliphatic rings. The molecule has 2 heterocycles. The molecule has 1 spiro atoms. The van der Waals surface area contributed by atoms with Gasteiger partial charge in [0.2, 0.25) is 5.91 Å². The maximum Gasteiger partial charge on any atom is 0.322 e. The van der Waals surface area contributed by atoms with Crippen LogP contribution in [0.5, 0.6) is 17.5 Å². The average molecular weight is 468 g/mol. The summed E-state index contributed by atoms with van der Waals surface area (Å²) < 4.78 is 17.3. The van der Waals surface area contributed by atoms with Crippen LogP contribution in [0.1, 0.15) is 72.3 Å².